The van der Waals surface area contributed by atoms with Crippen LogP contribution in [0.25, 0.3) is 0 Å². The zero-order chi connectivity index (χ0) is 26.6. The molecule has 3 heterocycles. The number of thiophene rings is 1. The van der Waals surface area contributed by atoms with E-state index < -0.39 is 5.92 Å². The number of carbonyl (C=O) groups is 2. The topological polar surface area (TPSA) is 55.9 Å². The van der Waals surface area contributed by atoms with Gasteiger partial charge in [-0.05, 0) is 61.0 Å². The monoisotopic (exact) mass is 542 g/mol. The molecule has 0 bridgehead atoms. The van der Waals surface area contributed by atoms with Crippen molar-refractivity contribution in [3.8, 4) is 0 Å². The third-order valence-corrected chi connectivity index (χ3v) is 9.60. The molecule has 6 nitrogen and oxygen atoms in total. The van der Waals surface area contributed by atoms with E-state index in [1.165, 1.54) is 5.69 Å². The van der Waals surface area contributed by atoms with Crippen LogP contribution in [0.2, 0.25) is 0 Å². The lowest BCUT2D eigenvalue weighted by Crippen LogP contribution is -2.51. The van der Waals surface area contributed by atoms with E-state index in [9.17, 15) is 9.59 Å². The minimum absolute atomic E-state index is 0.0326. The van der Waals surface area contributed by atoms with Gasteiger partial charge in [-0.3, -0.25) is 14.5 Å². The molecule has 1 N–H and O–H groups in total. The van der Waals surface area contributed by atoms with Gasteiger partial charge < -0.3 is 15.1 Å². The zero-order valence-electron chi connectivity index (χ0n) is 22.5. The Bertz CT molecular complexity index is 1250. The summed E-state index contributed by atoms with van der Waals surface area (Å²) >= 11 is 1.65. The fraction of sp³-hybridized carbons (Fsp3) is 0.438. The maximum atomic E-state index is 13.9. The number of hydrogen-bond donors (Lipinski definition) is 1. The number of benzene rings is 2. The minimum Gasteiger partial charge on any atom is -0.369 e. The minimum atomic E-state index is -0.396. The van der Waals surface area contributed by atoms with Gasteiger partial charge in [0, 0.05) is 54.9 Å². The van der Waals surface area contributed by atoms with Crippen LogP contribution in [-0.4, -0.2) is 66.9 Å². The standard InChI is InChI=1S/C32H38N4O2S/c37-31(33-17-9-18-34-19-21-35(22-20-34)24-10-2-1-3-11-24)29-26-14-6-7-15-27(26)32(38)36(25-12-4-5-13-25)30(29)28-16-8-23-39-28/h1-3,6-8,10-11,14-16,23,25,29-30H,4-5,9,12-13,17-22H2,(H,33,37)/t29-,30-/m1/s1. The van der Waals surface area contributed by atoms with Gasteiger partial charge in [0.1, 0.15) is 0 Å². The van der Waals surface area contributed by atoms with Gasteiger partial charge in [0.15, 0.2) is 0 Å². The molecule has 6 rings (SSSR count). The first-order valence-corrected chi connectivity index (χ1v) is 15.3. The van der Waals surface area contributed by atoms with E-state index in [1.807, 2.05) is 30.3 Å². The second kappa shape index (κ2) is 11.9. The molecule has 2 atom stereocenters. The Morgan fingerprint density at radius 2 is 1.64 bits per heavy atom. The molecule has 0 unspecified atom stereocenters. The first-order valence-electron chi connectivity index (χ1n) is 14.5. The Labute approximate surface area is 235 Å². The van der Waals surface area contributed by atoms with Crippen LogP contribution in [-0.2, 0) is 4.79 Å². The molecule has 2 aliphatic heterocycles. The maximum absolute atomic E-state index is 13.9. The van der Waals surface area contributed by atoms with Gasteiger partial charge in [0.05, 0.1) is 12.0 Å². The summed E-state index contributed by atoms with van der Waals surface area (Å²) < 4.78 is 0. The molecule has 1 aliphatic carbocycles. The zero-order valence-corrected chi connectivity index (χ0v) is 23.3. The van der Waals surface area contributed by atoms with E-state index in [0.29, 0.717) is 12.1 Å². The largest absolute Gasteiger partial charge is 0.369 e. The summed E-state index contributed by atoms with van der Waals surface area (Å²) in [4.78, 5) is 35.8. The molecule has 2 aromatic carbocycles. The van der Waals surface area contributed by atoms with Gasteiger partial charge in [0.25, 0.3) is 5.91 Å². The number of para-hydroxylation sites is 1. The number of anilines is 1. The fourth-order valence-electron chi connectivity index (χ4n) is 6.67. The van der Waals surface area contributed by atoms with E-state index in [4.69, 9.17) is 0 Å². The Morgan fingerprint density at radius 1 is 0.897 bits per heavy atom. The predicted octanol–water partition coefficient (Wildman–Crippen LogP) is 5.30. The fourth-order valence-corrected chi connectivity index (χ4v) is 7.53. The van der Waals surface area contributed by atoms with Crippen molar-refractivity contribution >= 4 is 28.8 Å². The normalized spacial score (nSPS) is 22.2. The number of rotatable bonds is 8. The Morgan fingerprint density at radius 3 is 2.38 bits per heavy atom. The molecule has 204 valence electrons. The predicted molar refractivity (Wildman–Crippen MR) is 157 cm³/mol. The van der Waals surface area contributed by atoms with Gasteiger partial charge in [-0.1, -0.05) is 55.3 Å². The number of fused-ring (bicyclic) bond motifs is 1. The molecule has 1 aromatic heterocycles. The summed E-state index contributed by atoms with van der Waals surface area (Å²) in [6, 6.07) is 22.4. The number of carbonyl (C=O) groups excluding carboxylic acids is 2. The first-order chi connectivity index (χ1) is 19.2. The summed E-state index contributed by atoms with van der Waals surface area (Å²) in [6.07, 6.45) is 5.23. The number of nitrogens with zero attached hydrogens (tertiary/aromatic N) is 3. The first kappa shape index (κ1) is 26.1. The van der Waals surface area contributed by atoms with Gasteiger partial charge in [-0.2, -0.15) is 0 Å². The lowest BCUT2D eigenvalue weighted by molar-refractivity contribution is -0.124. The molecular formula is C32H38N4O2S. The van der Waals surface area contributed by atoms with E-state index in [0.717, 1.165) is 75.3 Å². The van der Waals surface area contributed by atoms with Crippen molar-refractivity contribution in [2.75, 3.05) is 44.2 Å². The van der Waals surface area contributed by atoms with Crippen molar-refractivity contribution in [2.24, 2.45) is 0 Å². The molecule has 0 radical (unpaired) electrons. The van der Waals surface area contributed by atoms with E-state index >= 15 is 0 Å². The molecule has 3 aromatic rings. The average molecular weight is 543 g/mol. The van der Waals surface area contributed by atoms with Crippen LogP contribution < -0.4 is 10.2 Å². The second-order valence-electron chi connectivity index (χ2n) is 11.0. The van der Waals surface area contributed by atoms with Gasteiger partial charge in [-0.15, -0.1) is 11.3 Å². The van der Waals surface area contributed by atoms with Crippen LogP contribution in [0.3, 0.4) is 0 Å². The smallest absolute Gasteiger partial charge is 0.254 e. The SMILES string of the molecule is O=C(NCCCN1CCN(c2ccccc2)CC1)[C@@H]1c2ccccc2C(=O)N(C2CCCC2)[C@@H]1c1cccs1. The average Bonchev–Trinajstić information content (AvgIpc) is 3.71. The maximum Gasteiger partial charge on any atom is 0.254 e. The van der Waals surface area contributed by atoms with E-state index in [-0.39, 0.29) is 23.9 Å². The highest BCUT2D eigenvalue weighted by molar-refractivity contribution is 7.10. The quantitative estimate of drug-likeness (QED) is 0.393. The van der Waals surface area contributed by atoms with Gasteiger partial charge in [-0.25, -0.2) is 0 Å². The van der Waals surface area contributed by atoms with Crippen LogP contribution in [0.4, 0.5) is 5.69 Å². The van der Waals surface area contributed by atoms with Crippen LogP contribution >= 0.6 is 11.3 Å². The molecule has 2 amide bonds. The summed E-state index contributed by atoms with van der Waals surface area (Å²) in [7, 11) is 0. The van der Waals surface area contributed by atoms with Crippen molar-refractivity contribution < 1.29 is 9.59 Å². The Hall–Kier alpha value is -3.16. The molecule has 7 heteroatoms. The van der Waals surface area contributed by atoms with Gasteiger partial charge in [0.2, 0.25) is 5.91 Å². The number of piperazine rings is 1. The van der Waals surface area contributed by atoms with Crippen molar-refractivity contribution in [1.29, 1.82) is 0 Å². The molecule has 2 fully saturated rings. The van der Waals surface area contributed by atoms with Crippen molar-refractivity contribution in [2.45, 2.75) is 50.1 Å². The van der Waals surface area contributed by atoms with Crippen LogP contribution in [0, 0.1) is 0 Å². The molecule has 1 saturated carbocycles. The van der Waals surface area contributed by atoms with Crippen molar-refractivity contribution in [1.82, 2.24) is 15.1 Å². The van der Waals surface area contributed by atoms with E-state index in [1.54, 1.807) is 11.3 Å². The molecule has 0 spiro atoms. The lowest BCUT2D eigenvalue weighted by Gasteiger charge is -2.44. The number of nitrogens with one attached hydrogen (secondary N) is 1. The highest BCUT2D eigenvalue weighted by Gasteiger charge is 2.47. The van der Waals surface area contributed by atoms with Crippen molar-refractivity contribution in [3.05, 3.63) is 88.1 Å². The Kier molecular flexibility index (Phi) is 7.98. The molecule has 3 aliphatic rings. The third-order valence-electron chi connectivity index (χ3n) is 8.66. The second-order valence-corrected chi connectivity index (χ2v) is 12.0. The number of amides is 2. The summed E-state index contributed by atoms with van der Waals surface area (Å²) in [5, 5.41) is 5.33. The summed E-state index contributed by atoms with van der Waals surface area (Å²) in [6.45, 7) is 5.76. The van der Waals surface area contributed by atoms with Crippen LogP contribution in [0.1, 0.15) is 64.9 Å². The number of hydrogen-bond acceptors (Lipinski definition) is 5. The highest BCUT2D eigenvalue weighted by Crippen LogP contribution is 2.47. The molecule has 39 heavy (non-hydrogen) atoms. The van der Waals surface area contributed by atoms with Crippen molar-refractivity contribution in [3.63, 3.8) is 0 Å². The third kappa shape index (κ3) is 5.48. The summed E-state index contributed by atoms with van der Waals surface area (Å²) in [5.74, 6) is -0.285. The highest BCUT2D eigenvalue weighted by atomic mass is 32.1. The Balaban J connectivity index is 1.12. The van der Waals surface area contributed by atoms with Crippen LogP contribution in [0.5, 0.6) is 0 Å². The molecular weight excluding hydrogens is 504 g/mol. The van der Waals surface area contributed by atoms with Gasteiger partial charge >= 0.3 is 0 Å². The molecule has 1 saturated heterocycles. The van der Waals surface area contributed by atoms with Crippen LogP contribution in [0.15, 0.2) is 72.1 Å². The summed E-state index contributed by atoms with van der Waals surface area (Å²) in [5.41, 5.74) is 2.85. The van der Waals surface area contributed by atoms with E-state index in [2.05, 4.69) is 61.8 Å². The lowest BCUT2D eigenvalue weighted by atomic mass is 9.80.